The van der Waals surface area contributed by atoms with E-state index in [0.29, 0.717) is 0 Å². The van der Waals surface area contributed by atoms with Gasteiger partial charge < -0.3 is 20.1 Å². The Kier molecular flexibility index (Phi) is 9.87. The standard InChI is InChI=1S/C17H29N3O2/c1-4-22-13-7-12-20-17(18-2)19-11-6-9-15-8-5-10-16(14-15)21-3/h5,8,10,14H,4,6-7,9,11-13H2,1-3H3,(H2,18,19,20). The van der Waals surface area contributed by atoms with Crippen molar-refractivity contribution in [2.75, 3.05) is 40.5 Å². The highest BCUT2D eigenvalue weighted by molar-refractivity contribution is 5.79. The summed E-state index contributed by atoms with van der Waals surface area (Å²) in [6.07, 6.45) is 3.05. The molecule has 0 aliphatic heterocycles. The van der Waals surface area contributed by atoms with E-state index in [1.165, 1.54) is 5.56 Å². The lowest BCUT2D eigenvalue weighted by atomic mass is 10.1. The monoisotopic (exact) mass is 307 g/mol. The molecule has 5 heteroatoms. The Labute approximate surface area is 134 Å². The Morgan fingerprint density at radius 1 is 1.18 bits per heavy atom. The zero-order valence-electron chi connectivity index (χ0n) is 14.0. The minimum Gasteiger partial charge on any atom is -0.497 e. The molecule has 2 N–H and O–H groups in total. The van der Waals surface area contributed by atoms with Crippen molar-refractivity contribution in [2.45, 2.75) is 26.2 Å². The average molecular weight is 307 g/mol. The summed E-state index contributed by atoms with van der Waals surface area (Å²) in [7, 11) is 3.49. The number of hydrogen-bond acceptors (Lipinski definition) is 3. The topological polar surface area (TPSA) is 54.9 Å². The molecule has 1 aromatic carbocycles. The number of rotatable bonds is 10. The second-order valence-corrected chi connectivity index (χ2v) is 4.93. The predicted octanol–water partition coefficient (Wildman–Crippen LogP) is 2.22. The first-order chi connectivity index (χ1) is 10.8. The fourth-order valence-corrected chi connectivity index (χ4v) is 2.07. The van der Waals surface area contributed by atoms with Gasteiger partial charge in [0.25, 0.3) is 0 Å². The normalized spacial score (nSPS) is 11.3. The van der Waals surface area contributed by atoms with Crippen molar-refractivity contribution in [2.24, 2.45) is 4.99 Å². The maximum atomic E-state index is 5.30. The van der Waals surface area contributed by atoms with Crippen LogP contribution in [-0.4, -0.2) is 46.4 Å². The third-order valence-corrected chi connectivity index (χ3v) is 3.25. The molecule has 0 bridgehead atoms. The first-order valence-corrected chi connectivity index (χ1v) is 7.95. The first-order valence-electron chi connectivity index (χ1n) is 7.95. The minimum absolute atomic E-state index is 0.775. The molecule has 0 saturated carbocycles. The molecule has 0 saturated heterocycles. The summed E-state index contributed by atoms with van der Waals surface area (Å²) < 4.78 is 10.5. The predicted molar refractivity (Wildman–Crippen MR) is 91.8 cm³/mol. The van der Waals surface area contributed by atoms with Crippen molar-refractivity contribution in [1.29, 1.82) is 0 Å². The Morgan fingerprint density at radius 3 is 2.64 bits per heavy atom. The molecule has 1 aromatic rings. The van der Waals surface area contributed by atoms with Crippen LogP contribution in [0, 0.1) is 0 Å². The van der Waals surface area contributed by atoms with E-state index >= 15 is 0 Å². The molecule has 0 heterocycles. The van der Waals surface area contributed by atoms with Crippen molar-refractivity contribution < 1.29 is 9.47 Å². The summed E-state index contributed by atoms with van der Waals surface area (Å²) in [5.41, 5.74) is 1.29. The van der Waals surface area contributed by atoms with Crippen LogP contribution in [0.25, 0.3) is 0 Å². The number of ether oxygens (including phenoxy) is 2. The molecule has 0 aromatic heterocycles. The van der Waals surface area contributed by atoms with Gasteiger partial charge in [0.1, 0.15) is 5.75 Å². The lowest BCUT2D eigenvalue weighted by Gasteiger charge is -2.12. The molecule has 5 nitrogen and oxygen atoms in total. The SMILES string of the molecule is CCOCCCNC(=NC)NCCCc1cccc(OC)c1. The van der Waals surface area contributed by atoms with Gasteiger partial charge in [-0.05, 0) is 43.9 Å². The van der Waals surface area contributed by atoms with Gasteiger partial charge in [-0.25, -0.2) is 0 Å². The molecule has 1 rings (SSSR count). The van der Waals surface area contributed by atoms with Gasteiger partial charge in [0.2, 0.25) is 0 Å². The quantitative estimate of drug-likeness (QED) is 0.395. The van der Waals surface area contributed by atoms with E-state index in [0.717, 1.165) is 57.3 Å². The summed E-state index contributed by atoms with van der Waals surface area (Å²) >= 11 is 0. The van der Waals surface area contributed by atoms with Crippen LogP contribution in [0.15, 0.2) is 29.3 Å². The van der Waals surface area contributed by atoms with Gasteiger partial charge in [0, 0.05) is 33.4 Å². The molecule has 0 aliphatic rings. The van der Waals surface area contributed by atoms with Crippen LogP contribution in [0.1, 0.15) is 25.3 Å². The number of nitrogens with zero attached hydrogens (tertiary/aromatic N) is 1. The maximum Gasteiger partial charge on any atom is 0.190 e. The lowest BCUT2D eigenvalue weighted by molar-refractivity contribution is 0.145. The van der Waals surface area contributed by atoms with Crippen LogP contribution < -0.4 is 15.4 Å². The Hall–Kier alpha value is -1.75. The van der Waals surface area contributed by atoms with E-state index < -0.39 is 0 Å². The molecule has 0 aliphatic carbocycles. The van der Waals surface area contributed by atoms with Gasteiger partial charge >= 0.3 is 0 Å². The third-order valence-electron chi connectivity index (χ3n) is 3.25. The summed E-state index contributed by atoms with van der Waals surface area (Å²) in [4.78, 5) is 4.21. The number of methoxy groups -OCH3 is 1. The fraction of sp³-hybridized carbons (Fsp3) is 0.588. The molecular formula is C17H29N3O2. The van der Waals surface area contributed by atoms with Crippen molar-refractivity contribution in [3.63, 3.8) is 0 Å². The Balaban J connectivity index is 2.16. The van der Waals surface area contributed by atoms with Gasteiger partial charge in [0.15, 0.2) is 5.96 Å². The summed E-state index contributed by atoms with van der Waals surface area (Å²) in [5, 5.41) is 6.61. The van der Waals surface area contributed by atoms with Crippen LogP contribution in [0.5, 0.6) is 5.75 Å². The number of nitrogens with one attached hydrogen (secondary N) is 2. The second-order valence-electron chi connectivity index (χ2n) is 4.93. The van der Waals surface area contributed by atoms with E-state index in [1.807, 2.05) is 19.1 Å². The highest BCUT2D eigenvalue weighted by Gasteiger charge is 1.99. The fourth-order valence-electron chi connectivity index (χ4n) is 2.07. The van der Waals surface area contributed by atoms with Gasteiger partial charge in [-0.1, -0.05) is 12.1 Å². The highest BCUT2D eigenvalue weighted by atomic mass is 16.5. The van der Waals surface area contributed by atoms with Crippen molar-refractivity contribution in [1.82, 2.24) is 10.6 Å². The van der Waals surface area contributed by atoms with Crippen LogP contribution in [-0.2, 0) is 11.2 Å². The number of hydrogen-bond donors (Lipinski definition) is 2. The first kappa shape index (κ1) is 18.3. The van der Waals surface area contributed by atoms with Gasteiger partial charge in [-0.15, -0.1) is 0 Å². The highest BCUT2D eigenvalue weighted by Crippen LogP contribution is 2.13. The molecule has 0 atom stereocenters. The maximum absolute atomic E-state index is 5.30. The molecule has 0 unspecified atom stereocenters. The van der Waals surface area contributed by atoms with Crippen molar-refractivity contribution in [3.8, 4) is 5.75 Å². The molecular weight excluding hydrogens is 278 g/mol. The summed E-state index contributed by atoms with van der Waals surface area (Å²) in [5.74, 6) is 1.76. The van der Waals surface area contributed by atoms with Crippen LogP contribution in [0.3, 0.4) is 0 Å². The van der Waals surface area contributed by atoms with Crippen LogP contribution >= 0.6 is 0 Å². The second kappa shape index (κ2) is 11.9. The lowest BCUT2D eigenvalue weighted by Crippen LogP contribution is -2.38. The molecule has 0 spiro atoms. The Bertz CT molecular complexity index is 436. The molecule has 0 radical (unpaired) electrons. The van der Waals surface area contributed by atoms with E-state index in [9.17, 15) is 0 Å². The molecule has 0 fully saturated rings. The van der Waals surface area contributed by atoms with Gasteiger partial charge in [-0.2, -0.15) is 0 Å². The van der Waals surface area contributed by atoms with Crippen LogP contribution in [0.2, 0.25) is 0 Å². The number of aliphatic imine (C=N–C) groups is 1. The van der Waals surface area contributed by atoms with E-state index in [1.54, 1.807) is 14.2 Å². The van der Waals surface area contributed by atoms with Gasteiger partial charge in [-0.3, -0.25) is 4.99 Å². The van der Waals surface area contributed by atoms with E-state index in [2.05, 4.69) is 27.8 Å². The molecule has 0 amide bonds. The number of benzene rings is 1. The van der Waals surface area contributed by atoms with Gasteiger partial charge in [0.05, 0.1) is 7.11 Å². The zero-order valence-corrected chi connectivity index (χ0v) is 14.0. The van der Waals surface area contributed by atoms with E-state index in [-0.39, 0.29) is 0 Å². The van der Waals surface area contributed by atoms with E-state index in [4.69, 9.17) is 9.47 Å². The minimum atomic E-state index is 0.775. The largest absolute Gasteiger partial charge is 0.497 e. The molecule has 124 valence electrons. The zero-order chi connectivity index (χ0) is 16.0. The Morgan fingerprint density at radius 2 is 1.95 bits per heavy atom. The molecule has 22 heavy (non-hydrogen) atoms. The smallest absolute Gasteiger partial charge is 0.190 e. The summed E-state index contributed by atoms with van der Waals surface area (Å²) in [6.45, 7) is 5.34. The summed E-state index contributed by atoms with van der Waals surface area (Å²) in [6, 6.07) is 8.21. The van der Waals surface area contributed by atoms with Crippen molar-refractivity contribution >= 4 is 5.96 Å². The van der Waals surface area contributed by atoms with Crippen molar-refractivity contribution in [3.05, 3.63) is 29.8 Å². The number of guanidine groups is 1. The average Bonchev–Trinajstić information content (AvgIpc) is 2.56. The number of aryl methyl sites for hydroxylation is 1. The third kappa shape index (κ3) is 7.88. The van der Waals surface area contributed by atoms with Crippen LogP contribution in [0.4, 0.5) is 0 Å².